The second-order valence-electron chi connectivity index (χ2n) is 14.3. The summed E-state index contributed by atoms with van der Waals surface area (Å²) >= 11 is 1.04. The lowest BCUT2D eigenvalue weighted by molar-refractivity contribution is -0.142. The molecular weight excluding hydrogens is 683 g/mol. The molecule has 4 rings (SSSR count). The number of terminal acetylenes is 2. The first-order chi connectivity index (χ1) is 23.4. The highest BCUT2D eigenvalue weighted by Crippen LogP contribution is 2.67. The van der Waals surface area contributed by atoms with Gasteiger partial charge in [-0.2, -0.15) is 0 Å². The third kappa shape index (κ3) is 9.30. The fourth-order valence-corrected chi connectivity index (χ4v) is 7.56. The Labute approximate surface area is 297 Å². The normalized spacial score (nSPS) is 21.5. The van der Waals surface area contributed by atoms with Gasteiger partial charge >= 0.3 is 12.1 Å². The lowest BCUT2D eigenvalue weighted by atomic mass is 9.84. The number of carbonyl (C=O) groups is 2. The van der Waals surface area contributed by atoms with Crippen LogP contribution >= 0.6 is 11.8 Å². The number of nitrogens with zero attached hydrogens (tertiary/aromatic N) is 4. The molecular formula is C36H42F2N4O6SSi. The summed E-state index contributed by atoms with van der Waals surface area (Å²) in [5.41, 5.74) is -1.97. The van der Waals surface area contributed by atoms with Gasteiger partial charge in [-0.1, -0.05) is 49.3 Å². The first-order valence-corrected chi connectivity index (χ1v) is 20.5. The molecule has 1 fully saturated rings. The molecule has 14 heteroatoms. The van der Waals surface area contributed by atoms with E-state index in [4.69, 9.17) is 36.8 Å². The number of halogens is 2. The number of carbonyl (C=O) groups excluding carboxylic acids is 2. The minimum Gasteiger partial charge on any atom is -0.463 e. The van der Waals surface area contributed by atoms with E-state index in [0.717, 1.165) is 17.8 Å². The Morgan fingerprint density at radius 1 is 1.16 bits per heavy atom. The van der Waals surface area contributed by atoms with Gasteiger partial charge in [-0.3, -0.25) is 9.79 Å². The monoisotopic (exact) mass is 724 g/mol. The van der Waals surface area contributed by atoms with Gasteiger partial charge in [0.15, 0.2) is 24.2 Å². The first kappa shape index (κ1) is 38.6. The zero-order chi connectivity index (χ0) is 36.9. The summed E-state index contributed by atoms with van der Waals surface area (Å²) in [6.45, 7) is 13.4. The molecule has 1 aliphatic heterocycles. The van der Waals surface area contributed by atoms with Crippen molar-refractivity contribution in [1.29, 1.82) is 0 Å². The van der Waals surface area contributed by atoms with Crippen LogP contribution in [0.2, 0.25) is 25.7 Å². The highest BCUT2D eigenvalue weighted by molar-refractivity contribution is 8.15. The molecule has 0 radical (unpaired) electrons. The van der Waals surface area contributed by atoms with E-state index in [1.165, 1.54) is 41.6 Å². The zero-order valence-electron chi connectivity index (χ0n) is 29.3. The van der Waals surface area contributed by atoms with Crippen LogP contribution in [0, 0.1) is 36.4 Å². The molecule has 2 aromatic rings. The van der Waals surface area contributed by atoms with Crippen molar-refractivity contribution in [2.75, 3.05) is 26.6 Å². The molecule has 1 amide bonds. The quantitative estimate of drug-likeness (QED) is 0.0759. The van der Waals surface area contributed by atoms with Crippen molar-refractivity contribution in [2.24, 2.45) is 10.9 Å². The fraction of sp³-hybridized carbons (Fsp3) is 0.472. The molecule has 3 atom stereocenters. The van der Waals surface area contributed by atoms with Crippen LogP contribution in [0.5, 0.6) is 5.88 Å². The average molecular weight is 725 g/mol. The summed E-state index contributed by atoms with van der Waals surface area (Å²) in [5.74, 6) is 2.21. The fourth-order valence-electron chi connectivity index (χ4n) is 5.24. The van der Waals surface area contributed by atoms with Crippen molar-refractivity contribution in [2.45, 2.75) is 75.7 Å². The number of rotatable bonds is 12. The molecule has 266 valence electrons. The summed E-state index contributed by atoms with van der Waals surface area (Å²) in [6.07, 6.45) is 13.7. The van der Waals surface area contributed by atoms with Crippen LogP contribution in [-0.2, 0) is 24.5 Å². The minimum absolute atomic E-state index is 0.0166. The third-order valence-corrected chi connectivity index (χ3v) is 11.1. The molecule has 2 heterocycles. The van der Waals surface area contributed by atoms with E-state index in [-0.39, 0.29) is 48.7 Å². The van der Waals surface area contributed by atoms with Crippen molar-refractivity contribution >= 4 is 49.0 Å². The predicted octanol–water partition coefficient (Wildman–Crippen LogP) is 6.90. The molecule has 0 unspecified atom stereocenters. The number of amidine groups is 1. The number of amides is 1. The topological polar surface area (TPSA) is 112 Å². The third-order valence-electron chi connectivity index (χ3n) is 7.89. The molecule has 10 nitrogen and oxygen atoms in total. The number of benzene rings is 1. The van der Waals surface area contributed by atoms with E-state index >= 15 is 8.78 Å². The number of esters is 1. The molecule has 1 aromatic carbocycles. The number of hydrogen-bond donors (Lipinski definition) is 0. The van der Waals surface area contributed by atoms with Crippen molar-refractivity contribution in [1.82, 2.24) is 14.9 Å². The van der Waals surface area contributed by atoms with Crippen molar-refractivity contribution in [3.05, 3.63) is 53.2 Å². The molecule has 1 aliphatic carbocycles. The molecule has 1 aromatic heterocycles. The highest BCUT2D eigenvalue weighted by Gasteiger charge is 2.72. The molecule has 50 heavy (non-hydrogen) atoms. The average Bonchev–Trinajstić information content (AvgIpc) is 3.79. The minimum atomic E-state index is -1.46. The number of thioether (sulfide) groups is 1. The van der Waals surface area contributed by atoms with E-state index in [0.29, 0.717) is 12.2 Å². The summed E-state index contributed by atoms with van der Waals surface area (Å²) in [4.78, 5) is 41.4. The van der Waals surface area contributed by atoms with E-state index < -0.39 is 53.6 Å². The predicted molar refractivity (Wildman–Crippen MR) is 192 cm³/mol. The number of fused-ring (bicyclic) bond motifs is 1. The number of aromatic nitrogens is 2. The second-order valence-corrected chi connectivity index (χ2v) is 21.2. The number of hydrogen-bond acceptors (Lipinski definition) is 10. The lowest BCUT2D eigenvalue weighted by Crippen LogP contribution is -2.47. The Hall–Kier alpha value is -4.24. The van der Waals surface area contributed by atoms with Gasteiger partial charge in [-0.15, -0.1) is 12.8 Å². The summed E-state index contributed by atoms with van der Waals surface area (Å²) in [6, 6.07) is 4.91. The van der Waals surface area contributed by atoms with Crippen LogP contribution in [-0.4, -0.2) is 77.1 Å². The van der Waals surface area contributed by atoms with Gasteiger partial charge in [0, 0.05) is 26.2 Å². The van der Waals surface area contributed by atoms with Crippen LogP contribution in [0.1, 0.15) is 50.9 Å². The standard InChI is InChI=1S/C36H42F2N4O6SSi/c1-10-14-46-30-22-39-28(21-40-30)27(38)19-24-12-13-26(37)25(18-24)35(6)29-20-36(29,31(43)47-15-11-2)49-32(41-35)42(33(44)48-34(3,4)5)23-45-16-17-50(7,8)9/h1-2,12-13,18-19,21-22,29H,14-17,20,23H2,3-9H3/b27-19-/t29-,35+,36-/m0/s1. The largest absolute Gasteiger partial charge is 0.463 e. The molecule has 0 spiro atoms. The summed E-state index contributed by atoms with van der Waals surface area (Å²) in [5, 5.41) is 0.0927. The maximum atomic E-state index is 15.9. The Balaban J connectivity index is 1.77. The Morgan fingerprint density at radius 3 is 2.50 bits per heavy atom. The summed E-state index contributed by atoms with van der Waals surface area (Å²) in [7, 11) is -1.46. The highest BCUT2D eigenvalue weighted by atomic mass is 32.2. The maximum absolute atomic E-state index is 15.9. The van der Waals surface area contributed by atoms with E-state index in [1.54, 1.807) is 27.7 Å². The summed E-state index contributed by atoms with van der Waals surface area (Å²) < 4.78 is 52.3. The number of ether oxygens (including phenoxy) is 4. The molecule has 2 aliphatic rings. The van der Waals surface area contributed by atoms with E-state index in [2.05, 4.69) is 41.4 Å². The van der Waals surface area contributed by atoms with Gasteiger partial charge in [-0.25, -0.2) is 28.4 Å². The van der Waals surface area contributed by atoms with Gasteiger partial charge in [0.2, 0.25) is 5.88 Å². The van der Waals surface area contributed by atoms with Gasteiger partial charge in [-0.05, 0) is 63.9 Å². The molecule has 0 bridgehead atoms. The number of aliphatic imine (C=N–C) groups is 1. The van der Waals surface area contributed by atoms with Gasteiger partial charge in [0.25, 0.3) is 0 Å². The van der Waals surface area contributed by atoms with Crippen LogP contribution in [0.25, 0.3) is 11.9 Å². The van der Waals surface area contributed by atoms with Crippen molar-refractivity contribution in [3.8, 4) is 30.6 Å². The van der Waals surface area contributed by atoms with Crippen molar-refractivity contribution < 1.29 is 37.3 Å². The van der Waals surface area contributed by atoms with Crippen LogP contribution < -0.4 is 4.74 Å². The van der Waals surface area contributed by atoms with E-state index in [9.17, 15) is 9.59 Å². The second kappa shape index (κ2) is 15.3. The lowest BCUT2D eigenvalue weighted by Gasteiger charge is -2.37. The van der Waals surface area contributed by atoms with Crippen molar-refractivity contribution in [3.63, 3.8) is 0 Å². The SMILES string of the molecule is C#CCOC(=O)[C@]12C[C@H]1[C@@](C)(c1cc(/C=C(\F)c3cnc(OCC#C)cn3)ccc1F)N=C(N(COCC[Si](C)(C)C)C(=O)OC(C)(C)C)S2. The Morgan fingerprint density at radius 2 is 1.88 bits per heavy atom. The first-order valence-electron chi connectivity index (χ1n) is 16.0. The molecule has 0 N–H and O–H groups in total. The Bertz CT molecular complexity index is 1740. The van der Waals surface area contributed by atoms with Gasteiger partial charge in [0.1, 0.15) is 28.6 Å². The van der Waals surface area contributed by atoms with Crippen LogP contribution in [0.3, 0.4) is 0 Å². The maximum Gasteiger partial charge on any atom is 0.418 e. The van der Waals surface area contributed by atoms with Crippen LogP contribution in [0.4, 0.5) is 13.6 Å². The molecule has 0 saturated heterocycles. The van der Waals surface area contributed by atoms with E-state index in [1.807, 2.05) is 0 Å². The van der Waals surface area contributed by atoms with Gasteiger partial charge < -0.3 is 18.9 Å². The zero-order valence-corrected chi connectivity index (χ0v) is 31.2. The smallest absolute Gasteiger partial charge is 0.418 e. The Kier molecular flexibility index (Phi) is 11.8. The van der Waals surface area contributed by atoms with Gasteiger partial charge in [0.05, 0.1) is 17.9 Å². The molecule has 1 saturated carbocycles. The van der Waals surface area contributed by atoms with Crippen LogP contribution in [0.15, 0.2) is 35.6 Å².